The van der Waals surface area contributed by atoms with E-state index in [1.165, 1.54) is 0 Å². The SMILES string of the molecule is CCCCC(NC1CCC(C(F)F)CC1)C(=O)O. The van der Waals surface area contributed by atoms with Gasteiger partial charge in [-0.2, -0.15) is 0 Å². The zero-order valence-electron chi connectivity index (χ0n) is 10.9. The van der Waals surface area contributed by atoms with Gasteiger partial charge in [-0.05, 0) is 32.1 Å². The number of carboxylic acid groups (broad SMARTS) is 1. The number of rotatable bonds is 7. The molecule has 1 saturated carbocycles. The molecule has 0 heterocycles. The van der Waals surface area contributed by atoms with Gasteiger partial charge in [0.25, 0.3) is 0 Å². The molecule has 0 aliphatic heterocycles. The molecule has 1 rings (SSSR count). The van der Waals surface area contributed by atoms with E-state index in [9.17, 15) is 13.6 Å². The first kappa shape index (κ1) is 15.3. The van der Waals surface area contributed by atoms with Gasteiger partial charge in [0, 0.05) is 12.0 Å². The van der Waals surface area contributed by atoms with Crippen molar-refractivity contribution in [2.75, 3.05) is 0 Å². The van der Waals surface area contributed by atoms with Crippen LogP contribution in [0.15, 0.2) is 0 Å². The van der Waals surface area contributed by atoms with E-state index in [0.29, 0.717) is 32.1 Å². The summed E-state index contributed by atoms with van der Waals surface area (Å²) < 4.78 is 25.0. The molecule has 3 nitrogen and oxygen atoms in total. The number of halogens is 2. The highest BCUT2D eigenvalue weighted by atomic mass is 19.3. The normalized spacial score (nSPS) is 26.2. The summed E-state index contributed by atoms with van der Waals surface area (Å²) in [7, 11) is 0. The third kappa shape index (κ3) is 4.88. The van der Waals surface area contributed by atoms with Gasteiger partial charge in [0.05, 0.1) is 0 Å². The molecule has 0 saturated heterocycles. The van der Waals surface area contributed by atoms with Crippen molar-refractivity contribution in [1.29, 1.82) is 0 Å². The summed E-state index contributed by atoms with van der Waals surface area (Å²) in [5.41, 5.74) is 0. The molecular weight excluding hydrogens is 240 g/mol. The first-order chi connectivity index (χ1) is 8.54. The van der Waals surface area contributed by atoms with Crippen LogP contribution < -0.4 is 5.32 Å². The van der Waals surface area contributed by atoms with Crippen LogP contribution in [0.3, 0.4) is 0 Å². The number of hydrogen-bond acceptors (Lipinski definition) is 2. The number of carbonyl (C=O) groups is 1. The number of alkyl halides is 2. The lowest BCUT2D eigenvalue weighted by atomic mass is 9.86. The molecule has 106 valence electrons. The third-order valence-corrected chi connectivity index (χ3v) is 3.71. The Bertz CT molecular complexity index is 253. The van der Waals surface area contributed by atoms with Crippen molar-refractivity contribution >= 4 is 5.97 Å². The number of nitrogens with one attached hydrogen (secondary N) is 1. The van der Waals surface area contributed by atoms with Crippen molar-refractivity contribution in [3.8, 4) is 0 Å². The van der Waals surface area contributed by atoms with Gasteiger partial charge in [0.2, 0.25) is 6.43 Å². The molecule has 2 N–H and O–H groups in total. The van der Waals surface area contributed by atoms with E-state index in [2.05, 4.69) is 5.32 Å². The van der Waals surface area contributed by atoms with Crippen LogP contribution in [-0.4, -0.2) is 29.6 Å². The summed E-state index contributed by atoms with van der Waals surface area (Å²) in [4.78, 5) is 11.1. The Hall–Kier alpha value is -0.710. The standard InChI is InChI=1S/C13H23F2NO2/c1-2-3-4-11(13(17)18)16-10-7-5-9(6-8-10)12(14)15/h9-12,16H,2-8H2,1H3,(H,17,18). The first-order valence-electron chi connectivity index (χ1n) is 6.81. The van der Waals surface area contributed by atoms with Crippen LogP contribution >= 0.6 is 0 Å². The van der Waals surface area contributed by atoms with Crippen LogP contribution in [-0.2, 0) is 4.79 Å². The number of carboxylic acids is 1. The summed E-state index contributed by atoms with van der Waals surface area (Å²) in [5, 5.41) is 12.2. The van der Waals surface area contributed by atoms with Gasteiger partial charge in [0.1, 0.15) is 6.04 Å². The van der Waals surface area contributed by atoms with Crippen LogP contribution in [0.25, 0.3) is 0 Å². The van der Waals surface area contributed by atoms with Gasteiger partial charge in [-0.3, -0.25) is 4.79 Å². The van der Waals surface area contributed by atoms with Crippen molar-refractivity contribution in [1.82, 2.24) is 5.32 Å². The van der Waals surface area contributed by atoms with Crippen molar-refractivity contribution in [2.24, 2.45) is 5.92 Å². The monoisotopic (exact) mass is 263 g/mol. The quantitative estimate of drug-likeness (QED) is 0.742. The fourth-order valence-electron chi connectivity index (χ4n) is 2.51. The lowest BCUT2D eigenvalue weighted by Crippen LogP contribution is -2.45. The number of unbranched alkanes of at least 4 members (excludes halogenated alkanes) is 1. The van der Waals surface area contributed by atoms with Gasteiger partial charge in [0.15, 0.2) is 0 Å². The van der Waals surface area contributed by atoms with E-state index in [0.717, 1.165) is 12.8 Å². The minimum atomic E-state index is -2.23. The average Bonchev–Trinajstić information content (AvgIpc) is 2.34. The lowest BCUT2D eigenvalue weighted by Gasteiger charge is -2.30. The average molecular weight is 263 g/mol. The summed E-state index contributed by atoms with van der Waals surface area (Å²) in [6.07, 6.45) is 2.52. The molecule has 0 amide bonds. The summed E-state index contributed by atoms with van der Waals surface area (Å²) in [5.74, 6) is -1.33. The van der Waals surface area contributed by atoms with Gasteiger partial charge in [-0.1, -0.05) is 19.8 Å². The smallest absolute Gasteiger partial charge is 0.320 e. The van der Waals surface area contributed by atoms with Crippen molar-refractivity contribution in [2.45, 2.75) is 70.4 Å². The summed E-state index contributed by atoms with van der Waals surface area (Å²) in [6, 6.07) is -0.448. The molecule has 0 aromatic carbocycles. The maximum Gasteiger partial charge on any atom is 0.320 e. The fourth-order valence-corrected chi connectivity index (χ4v) is 2.51. The van der Waals surface area contributed by atoms with Crippen molar-refractivity contribution < 1.29 is 18.7 Å². The lowest BCUT2D eigenvalue weighted by molar-refractivity contribution is -0.140. The van der Waals surface area contributed by atoms with Crippen LogP contribution in [0.1, 0.15) is 51.9 Å². The summed E-state index contributed by atoms with van der Waals surface area (Å²) in [6.45, 7) is 2.02. The molecular formula is C13H23F2NO2. The second-order valence-electron chi connectivity index (χ2n) is 5.15. The Labute approximate surface area is 107 Å². The number of aliphatic carboxylic acids is 1. The highest BCUT2D eigenvalue weighted by molar-refractivity contribution is 5.73. The second kappa shape index (κ2) is 7.67. The molecule has 0 radical (unpaired) electrons. The zero-order valence-corrected chi connectivity index (χ0v) is 10.9. The predicted molar refractivity (Wildman–Crippen MR) is 65.8 cm³/mol. The van der Waals surface area contributed by atoms with E-state index in [1.54, 1.807) is 0 Å². The predicted octanol–water partition coefficient (Wildman–Crippen LogP) is 3.04. The van der Waals surface area contributed by atoms with E-state index < -0.39 is 24.4 Å². The minimum Gasteiger partial charge on any atom is -0.480 e. The third-order valence-electron chi connectivity index (χ3n) is 3.71. The van der Waals surface area contributed by atoms with Crippen LogP contribution in [0.4, 0.5) is 8.78 Å². The van der Waals surface area contributed by atoms with Crippen molar-refractivity contribution in [3.05, 3.63) is 0 Å². The minimum absolute atomic E-state index is 0.0814. The molecule has 1 aliphatic rings. The molecule has 0 bridgehead atoms. The molecule has 0 aromatic rings. The zero-order chi connectivity index (χ0) is 13.5. The fraction of sp³-hybridized carbons (Fsp3) is 0.923. The Balaban J connectivity index is 2.35. The Morgan fingerprint density at radius 3 is 2.39 bits per heavy atom. The van der Waals surface area contributed by atoms with E-state index in [1.807, 2.05) is 6.92 Å². The largest absolute Gasteiger partial charge is 0.480 e. The van der Waals surface area contributed by atoms with Gasteiger partial charge in [-0.15, -0.1) is 0 Å². The van der Waals surface area contributed by atoms with Gasteiger partial charge in [-0.25, -0.2) is 8.78 Å². The van der Waals surface area contributed by atoms with Crippen LogP contribution in [0, 0.1) is 5.92 Å². The first-order valence-corrected chi connectivity index (χ1v) is 6.81. The van der Waals surface area contributed by atoms with E-state index in [-0.39, 0.29) is 6.04 Å². The maximum absolute atomic E-state index is 12.5. The van der Waals surface area contributed by atoms with E-state index >= 15 is 0 Å². The second-order valence-corrected chi connectivity index (χ2v) is 5.15. The number of hydrogen-bond donors (Lipinski definition) is 2. The maximum atomic E-state index is 12.5. The Kier molecular flexibility index (Phi) is 6.54. The molecule has 0 aromatic heterocycles. The molecule has 0 spiro atoms. The van der Waals surface area contributed by atoms with Crippen LogP contribution in [0.2, 0.25) is 0 Å². The highest BCUT2D eigenvalue weighted by Crippen LogP contribution is 2.29. The van der Waals surface area contributed by atoms with Gasteiger partial charge >= 0.3 is 5.97 Å². The van der Waals surface area contributed by atoms with Crippen molar-refractivity contribution in [3.63, 3.8) is 0 Å². The molecule has 1 atom stereocenters. The Morgan fingerprint density at radius 1 is 1.33 bits per heavy atom. The highest BCUT2D eigenvalue weighted by Gasteiger charge is 2.29. The Morgan fingerprint density at radius 2 is 1.94 bits per heavy atom. The summed E-state index contributed by atoms with van der Waals surface area (Å²) >= 11 is 0. The molecule has 1 unspecified atom stereocenters. The van der Waals surface area contributed by atoms with Gasteiger partial charge < -0.3 is 10.4 Å². The molecule has 5 heteroatoms. The molecule has 18 heavy (non-hydrogen) atoms. The van der Waals surface area contributed by atoms with E-state index in [4.69, 9.17) is 5.11 Å². The molecule has 1 aliphatic carbocycles. The topological polar surface area (TPSA) is 49.3 Å². The molecule has 1 fully saturated rings. The van der Waals surface area contributed by atoms with Crippen LogP contribution in [0.5, 0.6) is 0 Å².